The van der Waals surface area contributed by atoms with Crippen molar-refractivity contribution in [3.8, 4) is 5.69 Å². The molecule has 5 nitrogen and oxygen atoms in total. The molecule has 0 radical (unpaired) electrons. The molecule has 2 aromatic carbocycles. The number of hydrogen-bond acceptors (Lipinski definition) is 3. The van der Waals surface area contributed by atoms with Crippen molar-refractivity contribution in [2.24, 2.45) is 0 Å². The number of aryl methyl sites for hydroxylation is 1. The highest BCUT2D eigenvalue weighted by molar-refractivity contribution is 6.32. The highest BCUT2D eigenvalue weighted by Gasteiger charge is 2.14. The molecule has 0 aliphatic rings. The van der Waals surface area contributed by atoms with Crippen LogP contribution in [-0.2, 0) is 6.54 Å². The summed E-state index contributed by atoms with van der Waals surface area (Å²) in [5.41, 5.74) is 2.83. The van der Waals surface area contributed by atoms with Crippen LogP contribution in [0.4, 0.5) is 4.39 Å². The van der Waals surface area contributed by atoms with Gasteiger partial charge in [-0.25, -0.2) is 9.07 Å². The molecule has 128 valence electrons. The van der Waals surface area contributed by atoms with Crippen molar-refractivity contribution >= 4 is 17.5 Å². The number of amides is 1. The van der Waals surface area contributed by atoms with Crippen LogP contribution < -0.4 is 0 Å². The topological polar surface area (TPSA) is 51.0 Å². The van der Waals surface area contributed by atoms with Crippen LogP contribution in [0.25, 0.3) is 5.69 Å². The van der Waals surface area contributed by atoms with Gasteiger partial charge in [0, 0.05) is 12.6 Å². The second-order valence-electron chi connectivity index (χ2n) is 5.78. The molecule has 0 bridgehead atoms. The first kappa shape index (κ1) is 17.1. The molecule has 0 aliphatic carbocycles. The maximum absolute atomic E-state index is 13.1. The largest absolute Gasteiger partial charge is 0.336 e. The normalized spacial score (nSPS) is 10.7. The molecule has 0 aliphatic heterocycles. The first-order valence-corrected chi connectivity index (χ1v) is 8.00. The molecule has 3 rings (SSSR count). The maximum Gasteiger partial charge on any atom is 0.253 e. The van der Waals surface area contributed by atoms with Gasteiger partial charge in [-0.1, -0.05) is 34.5 Å². The molecule has 0 saturated heterocycles. The number of carbonyl (C=O) groups excluding carboxylic acids is 1. The fraction of sp³-hybridized carbons (Fsp3) is 0.167. The summed E-state index contributed by atoms with van der Waals surface area (Å²) in [6, 6.07) is 11.4. The van der Waals surface area contributed by atoms with E-state index in [1.165, 1.54) is 22.9 Å². The van der Waals surface area contributed by atoms with Crippen LogP contribution in [0.15, 0.2) is 48.7 Å². The fourth-order valence-corrected chi connectivity index (χ4v) is 2.64. The highest BCUT2D eigenvalue weighted by atomic mass is 35.5. The van der Waals surface area contributed by atoms with E-state index in [0.29, 0.717) is 23.5 Å². The molecular formula is C18H16ClFN4O. The van der Waals surface area contributed by atoms with E-state index >= 15 is 0 Å². The van der Waals surface area contributed by atoms with Gasteiger partial charge in [-0.2, -0.15) is 0 Å². The Morgan fingerprint density at radius 2 is 1.96 bits per heavy atom. The quantitative estimate of drug-likeness (QED) is 0.715. The lowest BCUT2D eigenvalue weighted by atomic mass is 10.1. The Balaban J connectivity index is 1.74. The van der Waals surface area contributed by atoms with E-state index in [4.69, 9.17) is 11.6 Å². The van der Waals surface area contributed by atoms with E-state index in [1.807, 2.05) is 19.1 Å². The zero-order valence-electron chi connectivity index (χ0n) is 13.8. The number of benzene rings is 2. The fourth-order valence-electron chi connectivity index (χ4n) is 2.39. The lowest BCUT2D eigenvalue weighted by molar-refractivity contribution is 0.0783. The van der Waals surface area contributed by atoms with Crippen LogP contribution in [0.1, 0.15) is 21.6 Å². The Kier molecular flexibility index (Phi) is 4.81. The zero-order valence-corrected chi connectivity index (χ0v) is 14.5. The van der Waals surface area contributed by atoms with Gasteiger partial charge >= 0.3 is 0 Å². The third-order valence-corrected chi connectivity index (χ3v) is 4.04. The minimum atomic E-state index is -0.419. The van der Waals surface area contributed by atoms with E-state index in [-0.39, 0.29) is 10.9 Å². The molecule has 0 unspecified atom stereocenters. The second kappa shape index (κ2) is 7.03. The van der Waals surface area contributed by atoms with Gasteiger partial charge in [0.2, 0.25) is 0 Å². The third kappa shape index (κ3) is 3.85. The Morgan fingerprint density at radius 3 is 2.64 bits per heavy atom. The summed E-state index contributed by atoms with van der Waals surface area (Å²) >= 11 is 6.03. The summed E-state index contributed by atoms with van der Waals surface area (Å²) in [5.74, 6) is -0.521. The van der Waals surface area contributed by atoms with Gasteiger partial charge in [0.25, 0.3) is 5.91 Å². The summed E-state index contributed by atoms with van der Waals surface area (Å²) in [7, 11) is 1.70. The third-order valence-electron chi connectivity index (χ3n) is 3.74. The Labute approximate surface area is 149 Å². The van der Waals surface area contributed by atoms with Crippen molar-refractivity contribution < 1.29 is 9.18 Å². The summed E-state index contributed by atoms with van der Waals surface area (Å²) in [4.78, 5) is 14.0. The van der Waals surface area contributed by atoms with Gasteiger partial charge in [-0.15, -0.1) is 5.10 Å². The summed E-state index contributed by atoms with van der Waals surface area (Å²) < 4.78 is 14.6. The van der Waals surface area contributed by atoms with Gasteiger partial charge in [0.1, 0.15) is 11.5 Å². The molecule has 0 saturated carbocycles. The standard InChI is InChI=1S/C18H16ClFN4O/c1-12-3-5-13(6-4-12)18(25)23(2)10-15-11-24(22-21-15)17-8-7-14(20)9-16(17)19/h3-9,11H,10H2,1-2H3. The predicted octanol–water partition coefficient (Wildman–Crippen LogP) is 3.64. The van der Waals surface area contributed by atoms with Gasteiger partial charge in [0.05, 0.1) is 23.5 Å². The average molecular weight is 359 g/mol. The lowest BCUT2D eigenvalue weighted by Crippen LogP contribution is -2.26. The molecule has 1 amide bonds. The number of halogens is 2. The monoisotopic (exact) mass is 358 g/mol. The number of nitrogens with zero attached hydrogens (tertiary/aromatic N) is 4. The number of hydrogen-bond donors (Lipinski definition) is 0. The average Bonchev–Trinajstić information content (AvgIpc) is 3.03. The van der Waals surface area contributed by atoms with Crippen LogP contribution in [-0.4, -0.2) is 32.8 Å². The highest BCUT2D eigenvalue weighted by Crippen LogP contribution is 2.21. The summed E-state index contributed by atoms with van der Waals surface area (Å²) in [6.07, 6.45) is 1.66. The summed E-state index contributed by atoms with van der Waals surface area (Å²) in [5, 5.41) is 8.29. The van der Waals surface area contributed by atoms with Crippen LogP contribution in [0, 0.1) is 12.7 Å². The smallest absolute Gasteiger partial charge is 0.253 e. The van der Waals surface area contributed by atoms with Crippen LogP contribution >= 0.6 is 11.6 Å². The van der Waals surface area contributed by atoms with Crippen LogP contribution in [0.5, 0.6) is 0 Å². The first-order chi connectivity index (χ1) is 11.9. The van der Waals surface area contributed by atoms with Crippen LogP contribution in [0.2, 0.25) is 5.02 Å². The molecule has 1 aromatic heterocycles. The maximum atomic E-state index is 13.1. The minimum Gasteiger partial charge on any atom is -0.336 e. The molecular weight excluding hydrogens is 343 g/mol. The first-order valence-electron chi connectivity index (χ1n) is 7.63. The molecule has 7 heteroatoms. The van der Waals surface area contributed by atoms with Crippen molar-refractivity contribution in [2.75, 3.05) is 7.05 Å². The van der Waals surface area contributed by atoms with Crippen molar-refractivity contribution in [1.29, 1.82) is 0 Å². The second-order valence-corrected chi connectivity index (χ2v) is 6.18. The van der Waals surface area contributed by atoms with E-state index in [1.54, 1.807) is 30.3 Å². The SMILES string of the molecule is Cc1ccc(C(=O)N(C)Cc2cn(-c3ccc(F)cc3Cl)nn2)cc1. The predicted molar refractivity (Wildman–Crippen MR) is 93.3 cm³/mol. The number of aromatic nitrogens is 3. The van der Waals surface area contributed by atoms with E-state index in [0.717, 1.165) is 5.56 Å². The molecule has 3 aromatic rings. The minimum absolute atomic E-state index is 0.102. The van der Waals surface area contributed by atoms with Gasteiger partial charge in [-0.3, -0.25) is 4.79 Å². The van der Waals surface area contributed by atoms with Gasteiger partial charge < -0.3 is 4.90 Å². The van der Waals surface area contributed by atoms with Crippen molar-refractivity contribution in [3.05, 3.63) is 76.3 Å². The van der Waals surface area contributed by atoms with Crippen molar-refractivity contribution in [1.82, 2.24) is 19.9 Å². The lowest BCUT2D eigenvalue weighted by Gasteiger charge is -2.15. The molecule has 25 heavy (non-hydrogen) atoms. The molecule has 0 N–H and O–H groups in total. The molecule has 0 fully saturated rings. The Hall–Kier alpha value is -2.73. The van der Waals surface area contributed by atoms with Gasteiger partial charge in [-0.05, 0) is 37.3 Å². The van der Waals surface area contributed by atoms with E-state index < -0.39 is 5.82 Å². The van der Waals surface area contributed by atoms with E-state index in [2.05, 4.69) is 10.3 Å². The molecule has 1 heterocycles. The van der Waals surface area contributed by atoms with Crippen molar-refractivity contribution in [2.45, 2.75) is 13.5 Å². The Bertz CT molecular complexity index is 908. The Morgan fingerprint density at radius 1 is 1.24 bits per heavy atom. The van der Waals surface area contributed by atoms with Gasteiger partial charge in [0.15, 0.2) is 0 Å². The van der Waals surface area contributed by atoms with Crippen LogP contribution in [0.3, 0.4) is 0 Å². The number of rotatable bonds is 4. The molecule has 0 atom stereocenters. The zero-order chi connectivity index (χ0) is 18.0. The molecule has 0 spiro atoms. The number of carbonyl (C=O) groups is 1. The van der Waals surface area contributed by atoms with Crippen molar-refractivity contribution in [3.63, 3.8) is 0 Å². The summed E-state index contributed by atoms with van der Waals surface area (Å²) in [6.45, 7) is 2.27. The van der Waals surface area contributed by atoms with E-state index in [9.17, 15) is 9.18 Å².